The highest BCUT2D eigenvalue weighted by atomic mass is 32.2. The van der Waals surface area contributed by atoms with Crippen molar-refractivity contribution < 1.29 is 9.90 Å². The first kappa shape index (κ1) is 9.89. The third-order valence-electron chi connectivity index (χ3n) is 1.40. The maximum Gasteiger partial charge on any atom is 0.348 e. The number of nitrogen functional groups attached to an aromatic ring is 1. The average Bonchev–Trinajstić information content (AvgIpc) is 2.41. The molecule has 3 N–H and O–H groups in total. The van der Waals surface area contributed by atoms with Gasteiger partial charge in [-0.15, -0.1) is 23.1 Å². The van der Waals surface area contributed by atoms with Gasteiger partial charge < -0.3 is 10.8 Å². The number of carbonyl (C=O) groups is 1. The minimum atomic E-state index is -1.08. The third kappa shape index (κ3) is 1.61. The average molecular weight is 214 g/mol. The lowest BCUT2D eigenvalue weighted by Crippen LogP contribution is -1.98. The van der Waals surface area contributed by atoms with E-state index in [0.29, 0.717) is 4.21 Å². The number of carboxylic acids is 1. The van der Waals surface area contributed by atoms with Crippen LogP contribution in [-0.2, 0) is 0 Å². The molecule has 0 aliphatic carbocycles. The van der Waals surface area contributed by atoms with Gasteiger partial charge in [-0.25, -0.2) is 4.79 Å². The van der Waals surface area contributed by atoms with E-state index in [0.717, 1.165) is 11.3 Å². The van der Waals surface area contributed by atoms with Crippen molar-refractivity contribution in [2.75, 3.05) is 12.0 Å². The fourth-order valence-electron chi connectivity index (χ4n) is 0.831. The van der Waals surface area contributed by atoms with Crippen LogP contribution in [-0.4, -0.2) is 17.3 Å². The van der Waals surface area contributed by atoms with Crippen LogP contribution in [0.2, 0.25) is 0 Å². The molecule has 4 nitrogen and oxygen atoms in total. The number of nitriles is 1. The number of thioether (sulfide) groups is 1. The number of aromatic carboxylic acids is 1. The summed E-state index contributed by atoms with van der Waals surface area (Å²) in [4.78, 5) is 10.7. The zero-order valence-electron chi connectivity index (χ0n) is 6.70. The molecule has 0 atom stereocenters. The Kier molecular flexibility index (Phi) is 2.80. The number of rotatable bonds is 2. The Labute approximate surface area is 83.0 Å². The second kappa shape index (κ2) is 3.68. The zero-order chi connectivity index (χ0) is 10.0. The Morgan fingerprint density at radius 1 is 1.77 bits per heavy atom. The maximum absolute atomic E-state index is 10.6. The number of hydrogen-bond donors (Lipinski definition) is 2. The summed E-state index contributed by atoms with van der Waals surface area (Å²) in [6, 6.07) is 1.89. The molecule has 1 heterocycles. The van der Waals surface area contributed by atoms with Gasteiger partial charge >= 0.3 is 5.97 Å². The summed E-state index contributed by atoms with van der Waals surface area (Å²) in [5.41, 5.74) is 5.83. The van der Waals surface area contributed by atoms with Crippen LogP contribution in [0.15, 0.2) is 4.21 Å². The molecule has 0 aromatic carbocycles. The molecule has 1 aromatic rings. The lowest BCUT2D eigenvalue weighted by molar-refractivity contribution is 0.0703. The van der Waals surface area contributed by atoms with Crippen molar-refractivity contribution in [3.63, 3.8) is 0 Å². The smallest absolute Gasteiger partial charge is 0.348 e. The standard InChI is InChI=1S/C7H6N2O2S2/c1-12-7-3(2-8)4(9)5(13-7)6(10)11/h9H2,1H3,(H,10,11). The van der Waals surface area contributed by atoms with Crippen molar-refractivity contribution in [3.8, 4) is 6.07 Å². The van der Waals surface area contributed by atoms with Crippen molar-refractivity contribution in [3.05, 3.63) is 10.4 Å². The molecule has 0 bridgehead atoms. The van der Waals surface area contributed by atoms with Gasteiger partial charge in [-0.2, -0.15) is 5.26 Å². The van der Waals surface area contributed by atoms with Gasteiger partial charge in [0, 0.05) is 0 Å². The maximum atomic E-state index is 10.6. The number of carboxylic acid groups (broad SMARTS) is 1. The molecule has 0 saturated carbocycles. The molecule has 0 fully saturated rings. The van der Waals surface area contributed by atoms with Gasteiger partial charge in [-0.1, -0.05) is 0 Å². The molecule has 0 saturated heterocycles. The second-order valence-electron chi connectivity index (χ2n) is 2.13. The van der Waals surface area contributed by atoms with E-state index >= 15 is 0 Å². The first-order valence-electron chi connectivity index (χ1n) is 3.21. The summed E-state index contributed by atoms with van der Waals surface area (Å²) in [7, 11) is 0. The first-order chi connectivity index (χ1) is 6.11. The van der Waals surface area contributed by atoms with Crippen LogP contribution in [0.25, 0.3) is 0 Å². The fraction of sp³-hybridized carbons (Fsp3) is 0.143. The minimum Gasteiger partial charge on any atom is -0.477 e. The number of thiophene rings is 1. The highest BCUT2D eigenvalue weighted by molar-refractivity contribution is 8.00. The quantitative estimate of drug-likeness (QED) is 0.730. The van der Waals surface area contributed by atoms with Gasteiger partial charge in [0.1, 0.15) is 16.5 Å². The van der Waals surface area contributed by atoms with E-state index in [4.69, 9.17) is 16.1 Å². The second-order valence-corrected chi connectivity index (χ2v) is 4.22. The van der Waals surface area contributed by atoms with Crippen LogP contribution in [0.1, 0.15) is 15.2 Å². The predicted molar refractivity (Wildman–Crippen MR) is 52.2 cm³/mol. The number of hydrogen-bond acceptors (Lipinski definition) is 5. The molecule has 0 unspecified atom stereocenters. The van der Waals surface area contributed by atoms with Crippen LogP contribution < -0.4 is 5.73 Å². The van der Waals surface area contributed by atoms with Gasteiger partial charge in [0.15, 0.2) is 0 Å². The molecule has 1 rings (SSSR count). The van der Waals surface area contributed by atoms with Crippen molar-refractivity contribution in [1.82, 2.24) is 0 Å². The van der Waals surface area contributed by atoms with Crippen LogP contribution in [0.5, 0.6) is 0 Å². The molecule has 0 amide bonds. The lowest BCUT2D eigenvalue weighted by atomic mass is 10.3. The third-order valence-corrected chi connectivity index (χ3v) is 3.72. The van der Waals surface area contributed by atoms with E-state index in [2.05, 4.69) is 0 Å². The van der Waals surface area contributed by atoms with Crippen LogP contribution in [0.4, 0.5) is 5.69 Å². The Bertz CT molecular complexity index is 392. The molecule has 0 aliphatic rings. The number of anilines is 1. The van der Waals surface area contributed by atoms with Crippen molar-refractivity contribution in [2.24, 2.45) is 0 Å². The summed E-state index contributed by atoms with van der Waals surface area (Å²) in [5.74, 6) is -1.08. The summed E-state index contributed by atoms with van der Waals surface area (Å²) in [6.07, 6.45) is 1.78. The molecular weight excluding hydrogens is 208 g/mol. The molecular formula is C7H6N2O2S2. The Morgan fingerprint density at radius 3 is 2.69 bits per heavy atom. The van der Waals surface area contributed by atoms with E-state index in [-0.39, 0.29) is 16.1 Å². The zero-order valence-corrected chi connectivity index (χ0v) is 8.33. The molecule has 13 heavy (non-hydrogen) atoms. The molecule has 0 radical (unpaired) electrons. The van der Waals surface area contributed by atoms with E-state index in [1.165, 1.54) is 11.8 Å². The van der Waals surface area contributed by atoms with Crippen molar-refractivity contribution in [2.45, 2.75) is 4.21 Å². The van der Waals surface area contributed by atoms with Gasteiger partial charge in [0.05, 0.1) is 9.90 Å². The van der Waals surface area contributed by atoms with E-state index < -0.39 is 5.97 Å². The number of nitrogens with zero attached hydrogens (tertiary/aromatic N) is 1. The van der Waals surface area contributed by atoms with Gasteiger partial charge in [0.25, 0.3) is 0 Å². The highest BCUT2D eigenvalue weighted by Crippen LogP contribution is 2.36. The van der Waals surface area contributed by atoms with Gasteiger partial charge in [-0.05, 0) is 6.26 Å². The van der Waals surface area contributed by atoms with Crippen molar-refractivity contribution >= 4 is 34.8 Å². The van der Waals surface area contributed by atoms with E-state index in [9.17, 15) is 4.79 Å². The molecule has 0 aliphatic heterocycles. The van der Waals surface area contributed by atoms with Crippen LogP contribution in [0, 0.1) is 11.3 Å². The van der Waals surface area contributed by atoms with Crippen LogP contribution >= 0.6 is 23.1 Å². The fourth-order valence-corrected chi connectivity index (χ4v) is 2.52. The van der Waals surface area contributed by atoms with Gasteiger partial charge in [-0.3, -0.25) is 0 Å². The summed E-state index contributed by atoms with van der Waals surface area (Å²) in [5, 5.41) is 17.4. The molecule has 0 spiro atoms. The molecule has 6 heteroatoms. The Morgan fingerprint density at radius 2 is 2.38 bits per heavy atom. The summed E-state index contributed by atoms with van der Waals surface area (Å²) >= 11 is 2.36. The van der Waals surface area contributed by atoms with E-state index in [1.54, 1.807) is 6.26 Å². The molecule has 1 aromatic heterocycles. The predicted octanol–water partition coefficient (Wildman–Crippen LogP) is 1.62. The normalized spacial score (nSPS) is 9.54. The van der Waals surface area contributed by atoms with Gasteiger partial charge in [0.2, 0.25) is 0 Å². The van der Waals surface area contributed by atoms with Crippen molar-refractivity contribution in [1.29, 1.82) is 5.26 Å². The number of nitrogens with two attached hydrogens (primary N) is 1. The lowest BCUT2D eigenvalue weighted by Gasteiger charge is -1.90. The largest absolute Gasteiger partial charge is 0.477 e. The summed E-state index contributed by atoms with van der Waals surface area (Å²) in [6.45, 7) is 0. The van der Waals surface area contributed by atoms with E-state index in [1.807, 2.05) is 6.07 Å². The SMILES string of the molecule is CSc1sc(C(=O)O)c(N)c1C#N. The topological polar surface area (TPSA) is 87.1 Å². The minimum absolute atomic E-state index is 0.0425. The summed E-state index contributed by atoms with van der Waals surface area (Å²) < 4.78 is 0.650. The van der Waals surface area contributed by atoms with Crippen LogP contribution in [0.3, 0.4) is 0 Å². The monoisotopic (exact) mass is 214 g/mol. The first-order valence-corrected chi connectivity index (χ1v) is 5.25. The Hall–Kier alpha value is -1.19. The molecule has 68 valence electrons. The highest BCUT2D eigenvalue weighted by Gasteiger charge is 2.19. The Balaban J connectivity index is 3.37.